The molecular formula is C15H26N2O2S. The molecule has 1 aromatic rings. The third-order valence-corrected chi connectivity index (χ3v) is 5.10. The van der Waals surface area contributed by atoms with Crippen molar-refractivity contribution in [3.8, 4) is 0 Å². The van der Waals surface area contributed by atoms with Gasteiger partial charge in [0, 0.05) is 25.1 Å². The number of aromatic nitrogens is 1. The molecule has 0 unspecified atom stereocenters. The molecule has 1 saturated carbocycles. The lowest BCUT2D eigenvalue weighted by Gasteiger charge is -2.26. The van der Waals surface area contributed by atoms with E-state index in [-0.39, 0.29) is 5.60 Å². The van der Waals surface area contributed by atoms with E-state index in [4.69, 9.17) is 14.5 Å². The van der Waals surface area contributed by atoms with Crippen molar-refractivity contribution in [2.45, 2.75) is 58.3 Å². The Hall–Kier alpha value is -0.490. The Morgan fingerprint density at radius 1 is 1.30 bits per heavy atom. The Bertz CT molecular complexity index is 414. The molecule has 114 valence electrons. The minimum Gasteiger partial charge on any atom is -0.378 e. The summed E-state index contributed by atoms with van der Waals surface area (Å²) >= 11 is 1.80. The molecular weight excluding hydrogens is 272 g/mol. The first-order chi connectivity index (χ1) is 9.75. The summed E-state index contributed by atoms with van der Waals surface area (Å²) in [4.78, 5) is 6.14. The van der Waals surface area contributed by atoms with E-state index >= 15 is 0 Å². The van der Waals surface area contributed by atoms with Crippen LogP contribution in [-0.4, -0.2) is 25.2 Å². The second-order valence-corrected chi connectivity index (χ2v) is 6.32. The van der Waals surface area contributed by atoms with Crippen LogP contribution in [0.15, 0.2) is 0 Å². The molecule has 4 nitrogen and oxygen atoms in total. The van der Waals surface area contributed by atoms with Crippen LogP contribution in [0.4, 0.5) is 0 Å². The van der Waals surface area contributed by atoms with Crippen molar-refractivity contribution < 1.29 is 9.47 Å². The van der Waals surface area contributed by atoms with Crippen LogP contribution in [-0.2, 0) is 28.2 Å². The maximum absolute atomic E-state index is 6.11. The van der Waals surface area contributed by atoms with Crippen LogP contribution in [0.5, 0.6) is 0 Å². The molecule has 0 bridgehead atoms. The maximum Gasteiger partial charge on any atom is 0.125 e. The van der Waals surface area contributed by atoms with Gasteiger partial charge in [0.2, 0.25) is 0 Å². The second-order valence-electron chi connectivity index (χ2n) is 5.24. The van der Waals surface area contributed by atoms with Crippen molar-refractivity contribution >= 4 is 11.3 Å². The first-order valence-electron chi connectivity index (χ1n) is 7.58. The van der Waals surface area contributed by atoms with E-state index in [1.54, 1.807) is 18.4 Å². The smallest absolute Gasteiger partial charge is 0.125 e. The molecule has 1 N–H and O–H groups in total. The van der Waals surface area contributed by atoms with E-state index in [2.05, 4.69) is 19.2 Å². The molecule has 1 aliphatic carbocycles. The van der Waals surface area contributed by atoms with Crippen molar-refractivity contribution in [3.63, 3.8) is 0 Å². The largest absolute Gasteiger partial charge is 0.378 e. The molecule has 2 rings (SSSR count). The van der Waals surface area contributed by atoms with Crippen LogP contribution in [0.25, 0.3) is 0 Å². The van der Waals surface area contributed by atoms with Gasteiger partial charge in [-0.15, -0.1) is 11.3 Å². The average Bonchev–Trinajstić information content (AvgIpc) is 3.05. The number of thiazole rings is 1. The SMILES string of the molecule is CCNCc1sc(C2(OCC)CCCC2)nc1COC. The third kappa shape index (κ3) is 3.39. The first kappa shape index (κ1) is 15.9. The van der Waals surface area contributed by atoms with Crippen molar-refractivity contribution in [3.05, 3.63) is 15.6 Å². The fourth-order valence-corrected chi connectivity index (χ4v) is 4.08. The van der Waals surface area contributed by atoms with E-state index in [0.29, 0.717) is 6.61 Å². The Labute approximate surface area is 125 Å². The van der Waals surface area contributed by atoms with Gasteiger partial charge in [0.05, 0.1) is 12.3 Å². The Morgan fingerprint density at radius 3 is 2.65 bits per heavy atom. The van der Waals surface area contributed by atoms with Crippen molar-refractivity contribution in [1.29, 1.82) is 0 Å². The normalized spacial score (nSPS) is 17.8. The molecule has 5 heteroatoms. The van der Waals surface area contributed by atoms with E-state index in [1.165, 1.54) is 17.7 Å². The molecule has 1 aliphatic rings. The molecule has 0 atom stereocenters. The summed E-state index contributed by atoms with van der Waals surface area (Å²) in [5, 5.41) is 4.54. The van der Waals surface area contributed by atoms with E-state index in [0.717, 1.165) is 43.2 Å². The molecule has 20 heavy (non-hydrogen) atoms. The molecule has 0 aliphatic heterocycles. The number of methoxy groups -OCH3 is 1. The predicted molar refractivity (Wildman–Crippen MR) is 82.0 cm³/mol. The minimum atomic E-state index is -0.133. The summed E-state index contributed by atoms with van der Waals surface area (Å²) in [6, 6.07) is 0. The molecule has 1 heterocycles. The van der Waals surface area contributed by atoms with Gasteiger partial charge in [-0.05, 0) is 26.3 Å². The van der Waals surface area contributed by atoms with Gasteiger partial charge >= 0.3 is 0 Å². The van der Waals surface area contributed by atoms with Gasteiger partial charge in [-0.1, -0.05) is 19.8 Å². The summed E-state index contributed by atoms with van der Waals surface area (Å²) in [6.45, 7) is 7.37. The first-order valence-corrected chi connectivity index (χ1v) is 8.40. The zero-order chi connectivity index (χ0) is 14.4. The van der Waals surface area contributed by atoms with Gasteiger partial charge in [-0.3, -0.25) is 0 Å². The lowest BCUT2D eigenvalue weighted by Crippen LogP contribution is -2.26. The van der Waals surface area contributed by atoms with Crippen molar-refractivity contribution in [2.75, 3.05) is 20.3 Å². The number of hydrogen-bond acceptors (Lipinski definition) is 5. The lowest BCUT2D eigenvalue weighted by molar-refractivity contribution is -0.0393. The van der Waals surface area contributed by atoms with Crippen LogP contribution >= 0.6 is 11.3 Å². The number of rotatable bonds is 8. The number of hydrogen-bond donors (Lipinski definition) is 1. The van der Waals surface area contributed by atoms with Crippen LogP contribution in [0, 0.1) is 0 Å². The highest BCUT2D eigenvalue weighted by molar-refractivity contribution is 7.11. The molecule has 0 radical (unpaired) electrons. The summed E-state index contributed by atoms with van der Waals surface area (Å²) < 4.78 is 11.4. The number of ether oxygens (including phenoxy) is 2. The van der Waals surface area contributed by atoms with E-state index in [1.807, 2.05) is 0 Å². The van der Waals surface area contributed by atoms with Crippen molar-refractivity contribution in [2.24, 2.45) is 0 Å². The maximum atomic E-state index is 6.11. The fourth-order valence-electron chi connectivity index (χ4n) is 2.85. The topological polar surface area (TPSA) is 43.4 Å². The predicted octanol–water partition coefficient (Wildman–Crippen LogP) is 3.20. The van der Waals surface area contributed by atoms with E-state index < -0.39 is 0 Å². The molecule has 0 spiro atoms. The molecule has 1 fully saturated rings. The quantitative estimate of drug-likeness (QED) is 0.800. The standard InChI is InChI=1S/C15H26N2O2S/c1-4-16-10-13-12(11-18-3)17-14(20-13)15(19-5-2)8-6-7-9-15/h16H,4-11H2,1-3H3. The minimum absolute atomic E-state index is 0.133. The Morgan fingerprint density at radius 2 is 2.05 bits per heavy atom. The number of nitrogens with one attached hydrogen (secondary N) is 1. The van der Waals surface area contributed by atoms with Gasteiger partial charge < -0.3 is 14.8 Å². The lowest BCUT2D eigenvalue weighted by atomic mass is 10.0. The second kappa shape index (κ2) is 7.50. The van der Waals surface area contributed by atoms with E-state index in [9.17, 15) is 0 Å². The van der Waals surface area contributed by atoms with Crippen LogP contribution in [0.1, 0.15) is 55.1 Å². The Kier molecular flexibility index (Phi) is 5.96. The summed E-state index contributed by atoms with van der Waals surface area (Å²) in [5.74, 6) is 0. The zero-order valence-corrected chi connectivity index (χ0v) is 13.6. The van der Waals surface area contributed by atoms with Gasteiger partial charge in [-0.25, -0.2) is 4.98 Å². The molecule has 0 saturated heterocycles. The van der Waals surface area contributed by atoms with Gasteiger partial charge in [0.25, 0.3) is 0 Å². The van der Waals surface area contributed by atoms with Crippen LogP contribution in [0.2, 0.25) is 0 Å². The third-order valence-electron chi connectivity index (χ3n) is 3.82. The van der Waals surface area contributed by atoms with Crippen LogP contribution < -0.4 is 5.32 Å². The van der Waals surface area contributed by atoms with Crippen LogP contribution in [0.3, 0.4) is 0 Å². The molecule has 1 aromatic heterocycles. The summed E-state index contributed by atoms with van der Waals surface area (Å²) in [5.41, 5.74) is 0.936. The highest BCUT2D eigenvalue weighted by Crippen LogP contribution is 2.44. The van der Waals surface area contributed by atoms with Crippen molar-refractivity contribution in [1.82, 2.24) is 10.3 Å². The van der Waals surface area contributed by atoms with Gasteiger partial charge in [-0.2, -0.15) is 0 Å². The number of nitrogens with zero attached hydrogens (tertiary/aromatic N) is 1. The summed E-state index contributed by atoms with van der Waals surface area (Å²) in [6.07, 6.45) is 4.67. The highest BCUT2D eigenvalue weighted by atomic mass is 32.1. The van der Waals surface area contributed by atoms with Gasteiger partial charge in [0.1, 0.15) is 10.6 Å². The Balaban J connectivity index is 2.25. The summed E-state index contributed by atoms with van der Waals surface area (Å²) in [7, 11) is 1.73. The highest BCUT2D eigenvalue weighted by Gasteiger charge is 2.39. The monoisotopic (exact) mass is 298 g/mol. The van der Waals surface area contributed by atoms with Gasteiger partial charge in [0.15, 0.2) is 0 Å². The zero-order valence-electron chi connectivity index (χ0n) is 12.8. The molecule has 0 aromatic carbocycles. The fraction of sp³-hybridized carbons (Fsp3) is 0.800. The average molecular weight is 298 g/mol. The molecule has 0 amide bonds.